The first-order valence-electron chi connectivity index (χ1n) is 5.58. The number of rotatable bonds is 5. The molecule has 2 N–H and O–H groups in total. The Balaban J connectivity index is 3.11. The molecule has 3 heteroatoms. The molecule has 0 atom stereocenters. The second-order valence-electron chi connectivity index (χ2n) is 4.18. The van der Waals surface area contributed by atoms with Gasteiger partial charge in [-0.3, -0.25) is 0 Å². The summed E-state index contributed by atoms with van der Waals surface area (Å²) in [5.74, 6) is 0. The van der Waals surface area contributed by atoms with Crippen LogP contribution in [0.15, 0.2) is 30.3 Å². The third-order valence-electron chi connectivity index (χ3n) is 2.74. The second-order valence-corrected chi connectivity index (χ2v) is 8.38. The summed E-state index contributed by atoms with van der Waals surface area (Å²) in [4.78, 5) is 21.3. The van der Waals surface area contributed by atoms with Gasteiger partial charge in [0.1, 0.15) is 0 Å². The van der Waals surface area contributed by atoms with Gasteiger partial charge >= 0.3 is 91.5 Å². The van der Waals surface area contributed by atoms with Crippen LogP contribution in [-0.4, -0.2) is 22.1 Å². The molecule has 0 spiro atoms. The van der Waals surface area contributed by atoms with E-state index in [1.807, 2.05) is 44.2 Å². The van der Waals surface area contributed by atoms with E-state index in [1.165, 1.54) is 0 Å². The summed E-state index contributed by atoms with van der Waals surface area (Å²) in [6.07, 6.45) is 2.62. The summed E-state index contributed by atoms with van der Waals surface area (Å²) in [5.41, 5.74) is 0. The summed E-state index contributed by atoms with van der Waals surface area (Å²) < 4.78 is 0. The third-order valence-corrected chi connectivity index (χ3v) is 7.00. The molecule has 1 aromatic rings. The quantitative estimate of drug-likeness (QED) is 0.760. The van der Waals surface area contributed by atoms with Crippen molar-refractivity contribution >= 4 is 12.4 Å². The van der Waals surface area contributed by atoms with Gasteiger partial charge in [0.15, 0.2) is 0 Å². The minimum atomic E-state index is -3.60. The molecule has 2 nitrogen and oxygen atoms in total. The molecule has 0 radical (unpaired) electrons. The first-order valence-corrected chi connectivity index (χ1v) is 8.09. The van der Waals surface area contributed by atoms with Crippen molar-refractivity contribution in [1.29, 1.82) is 0 Å². The Labute approximate surface area is 92.1 Å². The monoisotopic (exact) mass is 228 g/mol. The zero-order valence-corrected chi connectivity index (χ0v) is 10.5. The fourth-order valence-electron chi connectivity index (χ4n) is 2.08. The van der Waals surface area contributed by atoms with Crippen molar-refractivity contribution in [2.24, 2.45) is 0 Å². The van der Waals surface area contributed by atoms with E-state index in [-0.39, 0.29) is 0 Å². The molecule has 0 saturated carbocycles. The van der Waals surface area contributed by atoms with Gasteiger partial charge in [0.25, 0.3) is 0 Å². The van der Waals surface area contributed by atoms with Crippen LogP contribution >= 0.6 is 7.06 Å². The van der Waals surface area contributed by atoms with Crippen molar-refractivity contribution in [3.8, 4) is 0 Å². The van der Waals surface area contributed by atoms with E-state index in [0.717, 1.165) is 18.1 Å². The SMILES string of the molecule is CCCP(O)(O)(CCC)c1ccccc1. The Morgan fingerprint density at radius 2 is 1.40 bits per heavy atom. The maximum absolute atomic E-state index is 10.6. The Morgan fingerprint density at radius 3 is 1.80 bits per heavy atom. The van der Waals surface area contributed by atoms with Gasteiger partial charge in [-0.05, 0) is 0 Å². The molecule has 1 aromatic carbocycles. The van der Waals surface area contributed by atoms with E-state index in [9.17, 15) is 9.79 Å². The fraction of sp³-hybridized carbons (Fsp3) is 0.500. The Bertz CT molecular complexity index is 299. The van der Waals surface area contributed by atoms with Gasteiger partial charge in [-0.15, -0.1) is 0 Å². The maximum atomic E-state index is 10.6. The van der Waals surface area contributed by atoms with Crippen LogP contribution in [0.2, 0.25) is 0 Å². The molecule has 15 heavy (non-hydrogen) atoms. The molecule has 0 amide bonds. The van der Waals surface area contributed by atoms with Crippen LogP contribution in [0.1, 0.15) is 26.7 Å². The van der Waals surface area contributed by atoms with Crippen molar-refractivity contribution in [3.63, 3.8) is 0 Å². The van der Waals surface area contributed by atoms with Gasteiger partial charge in [0.05, 0.1) is 0 Å². The first kappa shape index (κ1) is 12.6. The van der Waals surface area contributed by atoms with E-state index < -0.39 is 7.06 Å². The van der Waals surface area contributed by atoms with E-state index in [2.05, 4.69) is 0 Å². The number of hydrogen-bond donors (Lipinski definition) is 2. The van der Waals surface area contributed by atoms with Gasteiger partial charge in [-0.1, -0.05) is 0 Å². The van der Waals surface area contributed by atoms with Crippen molar-refractivity contribution in [1.82, 2.24) is 0 Å². The Morgan fingerprint density at radius 1 is 0.933 bits per heavy atom. The molecule has 0 unspecified atom stereocenters. The molecule has 0 aliphatic heterocycles. The van der Waals surface area contributed by atoms with Gasteiger partial charge in [-0.2, -0.15) is 0 Å². The summed E-state index contributed by atoms with van der Waals surface area (Å²) in [7, 11) is -3.60. The van der Waals surface area contributed by atoms with Gasteiger partial charge in [-0.25, -0.2) is 0 Å². The zero-order chi connectivity index (χ0) is 11.4. The molecule has 1 rings (SSSR count). The molecule has 0 aromatic heterocycles. The number of benzene rings is 1. The van der Waals surface area contributed by atoms with E-state index in [0.29, 0.717) is 12.3 Å². The van der Waals surface area contributed by atoms with Crippen LogP contribution in [0.3, 0.4) is 0 Å². The Hall–Kier alpha value is -0.430. The minimum absolute atomic E-state index is 0.503. The predicted molar refractivity (Wildman–Crippen MR) is 67.7 cm³/mol. The average Bonchev–Trinajstić information content (AvgIpc) is 2.19. The number of hydrogen-bond acceptors (Lipinski definition) is 2. The Kier molecular flexibility index (Phi) is 3.88. The zero-order valence-electron chi connectivity index (χ0n) is 9.56. The molecule has 0 aliphatic carbocycles. The molecule has 0 heterocycles. The van der Waals surface area contributed by atoms with Crippen molar-refractivity contribution in [2.75, 3.05) is 12.3 Å². The molecule has 0 saturated heterocycles. The fourth-order valence-corrected chi connectivity index (χ4v) is 5.56. The van der Waals surface area contributed by atoms with Crippen LogP contribution in [0, 0.1) is 0 Å². The topological polar surface area (TPSA) is 40.5 Å². The molecular weight excluding hydrogens is 207 g/mol. The van der Waals surface area contributed by atoms with E-state index in [4.69, 9.17) is 0 Å². The summed E-state index contributed by atoms with van der Waals surface area (Å²) in [5, 5.41) is 0.729. The van der Waals surface area contributed by atoms with Crippen LogP contribution in [0.25, 0.3) is 0 Å². The third kappa shape index (κ3) is 2.78. The molecular formula is C12H21O2P. The van der Waals surface area contributed by atoms with E-state index in [1.54, 1.807) is 0 Å². The first-order chi connectivity index (χ1) is 7.02. The summed E-state index contributed by atoms with van der Waals surface area (Å²) in [6.45, 7) is 3.98. The molecule has 0 bridgehead atoms. The summed E-state index contributed by atoms with van der Waals surface area (Å²) >= 11 is 0. The van der Waals surface area contributed by atoms with Crippen molar-refractivity contribution < 1.29 is 9.79 Å². The predicted octanol–water partition coefficient (Wildman–Crippen LogP) is 2.50. The molecule has 86 valence electrons. The van der Waals surface area contributed by atoms with Gasteiger partial charge in [0, 0.05) is 0 Å². The van der Waals surface area contributed by atoms with Crippen molar-refractivity contribution in [3.05, 3.63) is 30.3 Å². The normalized spacial score (nSPS) is 14.5. The standard InChI is InChI=1S/C12H21O2P/c1-3-10-15(13,14,11-4-2)12-8-6-5-7-9-12/h5-9,13-14H,3-4,10-11H2,1-2H3. The van der Waals surface area contributed by atoms with Crippen LogP contribution < -0.4 is 5.30 Å². The van der Waals surface area contributed by atoms with Crippen molar-refractivity contribution in [2.45, 2.75) is 26.7 Å². The molecule has 0 aliphatic rings. The summed E-state index contributed by atoms with van der Waals surface area (Å²) in [6, 6.07) is 9.31. The van der Waals surface area contributed by atoms with Crippen LogP contribution in [-0.2, 0) is 0 Å². The van der Waals surface area contributed by atoms with Gasteiger partial charge in [0.2, 0.25) is 0 Å². The molecule has 0 fully saturated rings. The van der Waals surface area contributed by atoms with Crippen LogP contribution in [0.5, 0.6) is 0 Å². The van der Waals surface area contributed by atoms with E-state index >= 15 is 0 Å². The van der Waals surface area contributed by atoms with Crippen LogP contribution in [0.4, 0.5) is 0 Å². The van der Waals surface area contributed by atoms with Gasteiger partial charge < -0.3 is 0 Å². The second kappa shape index (κ2) is 4.61. The average molecular weight is 228 g/mol.